The number of allylic oxidation sites excluding steroid dienone is 16. The molecule has 0 aromatic carbocycles. The Hall–Kier alpha value is -3.18. The zero-order chi connectivity index (χ0) is 37.9. The van der Waals surface area contributed by atoms with Crippen molar-refractivity contribution in [3.8, 4) is 0 Å². The van der Waals surface area contributed by atoms with Crippen LogP contribution >= 0.6 is 0 Å². The van der Waals surface area contributed by atoms with Gasteiger partial charge in [0.1, 0.15) is 0 Å². The van der Waals surface area contributed by atoms with E-state index in [0.29, 0.717) is 19.4 Å². The Bertz CT molecular complexity index is 1010. The third kappa shape index (κ3) is 41.1. The van der Waals surface area contributed by atoms with Gasteiger partial charge in [-0.1, -0.05) is 151 Å². The van der Waals surface area contributed by atoms with Crippen molar-refractivity contribution >= 4 is 11.9 Å². The Labute approximate surface area is 314 Å². The summed E-state index contributed by atoms with van der Waals surface area (Å²) in [5.74, 6) is -1.73. The van der Waals surface area contributed by atoms with Gasteiger partial charge in [0.25, 0.3) is 0 Å². The number of hydrogen-bond donors (Lipinski definition) is 2. The predicted octanol–water partition coefficient (Wildman–Crippen LogP) is 13.9. The Balaban J connectivity index is 0. The first-order chi connectivity index (χ1) is 24.9. The molecule has 0 aliphatic rings. The van der Waals surface area contributed by atoms with Gasteiger partial charge in [-0.3, -0.25) is 4.79 Å². The van der Waals surface area contributed by atoms with Crippen molar-refractivity contribution in [2.75, 3.05) is 6.61 Å². The number of ether oxygens (including phenoxy) is 1. The van der Waals surface area contributed by atoms with Gasteiger partial charge < -0.3 is 14.9 Å². The maximum Gasteiger partial charge on any atom is 0.332 e. The van der Waals surface area contributed by atoms with Gasteiger partial charge in [-0.15, -0.1) is 0 Å². The highest BCUT2D eigenvalue weighted by Crippen LogP contribution is 2.11. The summed E-state index contributed by atoms with van der Waals surface area (Å²) < 4.78 is 5.34. The van der Waals surface area contributed by atoms with Crippen LogP contribution in [-0.4, -0.2) is 34.9 Å². The summed E-state index contributed by atoms with van der Waals surface area (Å²) in [6.45, 7) is 8.76. The van der Waals surface area contributed by atoms with Crippen LogP contribution in [0.1, 0.15) is 163 Å². The van der Waals surface area contributed by atoms with Crippen molar-refractivity contribution in [2.45, 2.75) is 169 Å². The standard InChI is InChI=1S/C24H40O3.C22H36O2/c1-3-5-6-7-8-9-10-11-12-13-14-15-16-17-18-19-20-21-22-27-23(4-2)24(25)26;1-3-5-6-7-8-9-10-11-12-13-14-15-16-17-18-19-20-21(4-2)22(23)24/h8-9,11-12,14-15,17-18,23H,3-7,10,13,16,19-22H2,1-2H3,(H,25,26);8-9,11-12,14-15,17-18,21H,3-7,10,13,16,19-20H2,1-2H3,(H,23,24)/b2*9-8-,12-11-,15-14-,18-17-. The second kappa shape index (κ2) is 43.0. The lowest BCUT2D eigenvalue weighted by atomic mass is 10.0. The van der Waals surface area contributed by atoms with E-state index in [-0.39, 0.29) is 5.92 Å². The average molecular weight is 709 g/mol. The molecule has 0 rings (SSSR count). The molecule has 0 bridgehead atoms. The molecular formula is C46H76O5. The highest BCUT2D eigenvalue weighted by molar-refractivity contribution is 5.72. The summed E-state index contributed by atoms with van der Waals surface area (Å²) in [5.41, 5.74) is 0. The van der Waals surface area contributed by atoms with E-state index < -0.39 is 18.0 Å². The molecule has 0 aliphatic carbocycles. The minimum atomic E-state index is -0.863. The van der Waals surface area contributed by atoms with E-state index in [1.54, 1.807) is 0 Å². The third-order valence-electron chi connectivity index (χ3n) is 8.17. The number of carbonyl (C=O) groups is 2. The summed E-state index contributed by atoms with van der Waals surface area (Å²) in [6, 6.07) is 0. The molecule has 0 fully saturated rings. The molecule has 2 N–H and O–H groups in total. The first-order valence-corrected chi connectivity index (χ1v) is 20.2. The quantitative estimate of drug-likeness (QED) is 0.0524. The fourth-order valence-corrected chi connectivity index (χ4v) is 4.88. The summed E-state index contributed by atoms with van der Waals surface area (Å²) in [6.07, 6.45) is 56.6. The Morgan fingerprint density at radius 1 is 0.451 bits per heavy atom. The van der Waals surface area contributed by atoms with Gasteiger partial charge in [-0.25, -0.2) is 4.79 Å². The fourth-order valence-electron chi connectivity index (χ4n) is 4.88. The van der Waals surface area contributed by atoms with E-state index in [9.17, 15) is 9.59 Å². The van der Waals surface area contributed by atoms with Gasteiger partial charge in [-0.05, 0) is 109 Å². The molecule has 2 unspecified atom stereocenters. The first kappa shape index (κ1) is 49.9. The van der Waals surface area contributed by atoms with E-state index in [1.165, 1.54) is 51.4 Å². The molecular weight excluding hydrogens is 633 g/mol. The summed E-state index contributed by atoms with van der Waals surface area (Å²) in [7, 11) is 0. The van der Waals surface area contributed by atoms with Crippen LogP contribution in [-0.2, 0) is 14.3 Å². The van der Waals surface area contributed by atoms with E-state index in [1.807, 2.05) is 13.8 Å². The van der Waals surface area contributed by atoms with Gasteiger partial charge in [-0.2, -0.15) is 0 Å². The SMILES string of the molecule is CCCCC/C=C\C/C=C\C/C=C\C/C=C\CCC(CC)C(=O)O.CCCCC/C=C\C/C=C\C/C=C\C/C=C\CCCCOC(CC)C(=O)O. The highest BCUT2D eigenvalue weighted by atomic mass is 16.5. The number of unbranched alkanes of at least 4 members (excludes halogenated alkanes) is 8. The molecule has 5 heteroatoms. The van der Waals surface area contributed by atoms with Crippen LogP contribution in [0.3, 0.4) is 0 Å². The smallest absolute Gasteiger partial charge is 0.332 e. The van der Waals surface area contributed by atoms with Gasteiger partial charge >= 0.3 is 11.9 Å². The molecule has 290 valence electrons. The van der Waals surface area contributed by atoms with Gasteiger partial charge in [0.2, 0.25) is 0 Å². The lowest BCUT2D eigenvalue weighted by molar-refractivity contribution is -0.150. The molecule has 51 heavy (non-hydrogen) atoms. The number of carboxylic acids is 2. The number of hydrogen-bond acceptors (Lipinski definition) is 3. The Morgan fingerprint density at radius 2 is 0.804 bits per heavy atom. The van der Waals surface area contributed by atoms with Crippen LogP contribution in [0.25, 0.3) is 0 Å². The maximum atomic E-state index is 10.9. The maximum absolute atomic E-state index is 10.9. The third-order valence-corrected chi connectivity index (χ3v) is 8.17. The molecule has 0 spiro atoms. The first-order valence-electron chi connectivity index (χ1n) is 20.2. The molecule has 0 saturated heterocycles. The molecule has 0 radical (unpaired) electrons. The molecule has 0 aromatic heterocycles. The minimum Gasteiger partial charge on any atom is -0.481 e. The molecule has 0 aromatic rings. The number of carboxylic acid groups (broad SMARTS) is 2. The van der Waals surface area contributed by atoms with Crippen LogP contribution in [0, 0.1) is 5.92 Å². The lowest BCUT2D eigenvalue weighted by Gasteiger charge is -2.10. The number of rotatable bonds is 33. The molecule has 0 amide bonds. The second-order valence-corrected chi connectivity index (χ2v) is 12.8. The highest BCUT2D eigenvalue weighted by Gasteiger charge is 2.14. The van der Waals surface area contributed by atoms with E-state index in [4.69, 9.17) is 14.9 Å². The van der Waals surface area contributed by atoms with Crippen molar-refractivity contribution in [2.24, 2.45) is 5.92 Å². The molecule has 0 aliphatic heterocycles. The zero-order valence-electron chi connectivity index (χ0n) is 33.1. The van der Waals surface area contributed by atoms with Crippen LogP contribution < -0.4 is 0 Å². The van der Waals surface area contributed by atoms with Crippen LogP contribution in [0.5, 0.6) is 0 Å². The van der Waals surface area contributed by atoms with E-state index in [0.717, 1.165) is 70.6 Å². The van der Waals surface area contributed by atoms with E-state index >= 15 is 0 Å². The molecule has 5 nitrogen and oxygen atoms in total. The van der Waals surface area contributed by atoms with Crippen molar-refractivity contribution in [3.05, 3.63) is 97.2 Å². The molecule has 0 heterocycles. The fraction of sp³-hybridized carbons (Fsp3) is 0.609. The van der Waals surface area contributed by atoms with Gasteiger partial charge in [0.15, 0.2) is 6.10 Å². The van der Waals surface area contributed by atoms with Crippen molar-refractivity contribution in [1.29, 1.82) is 0 Å². The predicted molar refractivity (Wildman–Crippen MR) is 221 cm³/mol. The Kier molecular flexibility index (Phi) is 42.1. The molecule has 2 atom stereocenters. The summed E-state index contributed by atoms with van der Waals surface area (Å²) in [4.78, 5) is 21.7. The molecule has 0 saturated carbocycles. The van der Waals surface area contributed by atoms with Crippen LogP contribution in [0.15, 0.2) is 97.2 Å². The van der Waals surface area contributed by atoms with Crippen molar-refractivity contribution in [3.63, 3.8) is 0 Å². The van der Waals surface area contributed by atoms with Crippen molar-refractivity contribution in [1.82, 2.24) is 0 Å². The largest absolute Gasteiger partial charge is 0.481 e. The topological polar surface area (TPSA) is 83.8 Å². The zero-order valence-corrected chi connectivity index (χ0v) is 33.1. The van der Waals surface area contributed by atoms with Crippen molar-refractivity contribution < 1.29 is 24.5 Å². The van der Waals surface area contributed by atoms with E-state index in [2.05, 4.69) is 111 Å². The van der Waals surface area contributed by atoms with Crippen LogP contribution in [0.2, 0.25) is 0 Å². The van der Waals surface area contributed by atoms with Gasteiger partial charge in [0.05, 0.1) is 5.92 Å². The minimum absolute atomic E-state index is 0.198. The Morgan fingerprint density at radius 3 is 1.12 bits per heavy atom. The normalized spacial score (nSPS) is 13.6. The summed E-state index contributed by atoms with van der Waals surface area (Å²) in [5, 5.41) is 17.8. The van der Waals surface area contributed by atoms with Gasteiger partial charge in [0, 0.05) is 6.61 Å². The van der Waals surface area contributed by atoms with Crippen LogP contribution in [0.4, 0.5) is 0 Å². The average Bonchev–Trinajstić information content (AvgIpc) is 3.12. The monoisotopic (exact) mass is 709 g/mol. The number of aliphatic carboxylic acids is 2. The summed E-state index contributed by atoms with van der Waals surface area (Å²) >= 11 is 0. The second-order valence-electron chi connectivity index (χ2n) is 12.8. The lowest BCUT2D eigenvalue weighted by Crippen LogP contribution is -2.23.